The summed E-state index contributed by atoms with van der Waals surface area (Å²) >= 11 is 3.98. The highest BCUT2D eigenvalue weighted by molar-refractivity contribution is 7.95. The van der Waals surface area contributed by atoms with Gasteiger partial charge in [-0.1, -0.05) is 54.6 Å². The SMILES string of the molecule is NC(CS)C(=O)NCC(=O)OCCCCC[P+](c1ccccc1)(c1ccccc1)c1ccccc1.[Br-]. The number of halogens is 1. The van der Waals surface area contributed by atoms with Gasteiger partial charge < -0.3 is 32.8 Å². The lowest BCUT2D eigenvalue weighted by molar-refractivity contribution is -0.144. The van der Waals surface area contributed by atoms with Crippen LogP contribution in [-0.2, 0) is 14.3 Å². The largest absolute Gasteiger partial charge is 1.00 e. The van der Waals surface area contributed by atoms with E-state index in [4.69, 9.17) is 10.5 Å². The molecule has 1 unspecified atom stereocenters. The van der Waals surface area contributed by atoms with Crippen LogP contribution in [0.2, 0.25) is 0 Å². The van der Waals surface area contributed by atoms with Gasteiger partial charge in [-0.05, 0) is 55.7 Å². The highest BCUT2D eigenvalue weighted by Crippen LogP contribution is 2.55. The number of hydrogen-bond acceptors (Lipinski definition) is 5. The summed E-state index contributed by atoms with van der Waals surface area (Å²) in [6.45, 7) is 0.158. The van der Waals surface area contributed by atoms with Crippen LogP contribution in [0.1, 0.15) is 19.3 Å². The van der Waals surface area contributed by atoms with E-state index in [0.717, 1.165) is 25.4 Å². The zero-order valence-electron chi connectivity index (χ0n) is 20.3. The molecule has 8 heteroatoms. The second-order valence-electron chi connectivity index (χ2n) is 8.33. The zero-order chi connectivity index (χ0) is 24.9. The first-order chi connectivity index (χ1) is 17.1. The Morgan fingerprint density at radius 1 is 0.806 bits per heavy atom. The highest BCUT2D eigenvalue weighted by atomic mass is 79.9. The topological polar surface area (TPSA) is 81.4 Å². The van der Waals surface area contributed by atoms with E-state index in [1.165, 1.54) is 15.9 Å². The standard InChI is InChI=1S/C28H33N2O3PS.BrH/c29-26(22-35)28(32)30-21-27(31)33-19-11-4-12-20-34(23-13-5-1-6-14-23,24-15-7-2-8-16-24)25-17-9-3-10-18-25;/h1-3,5-10,13-18,26H,4,11-12,19-22,29H2,(H-,30,32,35);1H. The first-order valence-electron chi connectivity index (χ1n) is 11.9. The van der Waals surface area contributed by atoms with Crippen LogP contribution in [-0.4, -0.2) is 43.0 Å². The quantitative estimate of drug-likeness (QED) is 0.114. The number of amides is 1. The molecule has 0 bridgehead atoms. The minimum Gasteiger partial charge on any atom is -1.00 e. The fourth-order valence-corrected chi connectivity index (χ4v) is 8.70. The summed E-state index contributed by atoms with van der Waals surface area (Å²) in [5, 5.41) is 6.60. The number of rotatable bonds is 13. The Hall–Kier alpha value is -2.18. The zero-order valence-corrected chi connectivity index (χ0v) is 23.6. The third-order valence-electron chi connectivity index (χ3n) is 5.93. The average Bonchev–Trinajstić information content (AvgIpc) is 2.92. The van der Waals surface area contributed by atoms with Gasteiger partial charge in [-0.15, -0.1) is 0 Å². The van der Waals surface area contributed by atoms with Gasteiger partial charge >= 0.3 is 5.97 Å². The molecular weight excluding hydrogens is 555 g/mol. The normalized spacial score (nSPS) is 11.7. The lowest BCUT2D eigenvalue weighted by Gasteiger charge is -2.27. The fourth-order valence-electron chi connectivity index (χ4n) is 4.12. The third kappa shape index (κ3) is 8.17. The smallest absolute Gasteiger partial charge is 0.325 e. The van der Waals surface area contributed by atoms with Gasteiger partial charge in [0, 0.05) is 5.75 Å². The maximum absolute atomic E-state index is 11.9. The van der Waals surface area contributed by atoms with Crippen LogP contribution >= 0.6 is 19.9 Å². The van der Waals surface area contributed by atoms with Crippen molar-refractivity contribution in [3.8, 4) is 0 Å². The Kier molecular flexibility index (Phi) is 13.2. The molecule has 3 N–H and O–H groups in total. The molecule has 0 fully saturated rings. The van der Waals surface area contributed by atoms with Gasteiger partial charge in [-0.2, -0.15) is 12.6 Å². The molecule has 3 aromatic carbocycles. The first-order valence-corrected chi connectivity index (χ1v) is 14.5. The molecule has 0 saturated carbocycles. The number of carbonyl (C=O) groups excluding carboxylic acids is 2. The third-order valence-corrected chi connectivity index (χ3v) is 10.9. The minimum atomic E-state index is -1.83. The molecule has 192 valence electrons. The van der Waals surface area contributed by atoms with E-state index in [-0.39, 0.29) is 29.3 Å². The summed E-state index contributed by atoms with van der Waals surface area (Å²) in [5.41, 5.74) is 5.58. The molecular formula is C28H34BrN2O3PS. The van der Waals surface area contributed by atoms with Crippen LogP contribution in [0.15, 0.2) is 91.0 Å². The Morgan fingerprint density at radius 2 is 1.28 bits per heavy atom. The van der Waals surface area contributed by atoms with Gasteiger partial charge in [0.25, 0.3) is 0 Å². The van der Waals surface area contributed by atoms with Gasteiger partial charge in [0.05, 0.1) is 18.8 Å². The molecule has 1 amide bonds. The molecule has 0 aliphatic heterocycles. The van der Waals surface area contributed by atoms with Crippen LogP contribution < -0.4 is 43.9 Å². The van der Waals surface area contributed by atoms with Crippen molar-refractivity contribution in [2.75, 3.05) is 25.1 Å². The molecule has 0 aliphatic rings. The van der Waals surface area contributed by atoms with E-state index in [1.807, 2.05) is 0 Å². The summed E-state index contributed by atoms with van der Waals surface area (Å²) in [4.78, 5) is 23.6. The summed E-state index contributed by atoms with van der Waals surface area (Å²) in [6.07, 6.45) is 3.76. The van der Waals surface area contributed by atoms with Crippen molar-refractivity contribution in [3.05, 3.63) is 91.0 Å². The molecule has 0 heterocycles. The molecule has 0 aromatic heterocycles. The molecule has 0 aliphatic carbocycles. The van der Waals surface area contributed by atoms with Gasteiger partial charge in [0.1, 0.15) is 29.7 Å². The number of hydrogen-bond donors (Lipinski definition) is 3. The van der Waals surface area contributed by atoms with Crippen LogP contribution in [0.5, 0.6) is 0 Å². The number of carbonyl (C=O) groups is 2. The van der Waals surface area contributed by atoms with Crippen LogP contribution in [0.25, 0.3) is 0 Å². The predicted molar refractivity (Wildman–Crippen MR) is 150 cm³/mol. The van der Waals surface area contributed by atoms with Gasteiger partial charge in [0.2, 0.25) is 5.91 Å². The molecule has 1 atom stereocenters. The van der Waals surface area contributed by atoms with E-state index in [1.54, 1.807) is 0 Å². The second kappa shape index (κ2) is 15.8. The predicted octanol–water partition coefficient (Wildman–Crippen LogP) is 0.0713. The summed E-state index contributed by atoms with van der Waals surface area (Å²) in [7, 11) is -1.83. The molecule has 36 heavy (non-hydrogen) atoms. The van der Waals surface area contributed by atoms with Crippen LogP contribution in [0.3, 0.4) is 0 Å². The van der Waals surface area contributed by atoms with E-state index in [0.29, 0.717) is 6.61 Å². The molecule has 3 rings (SSSR count). The van der Waals surface area contributed by atoms with E-state index in [2.05, 4.69) is 109 Å². The summed E-state index contributed by atoms with van der Waals surface area (Å²) in [6, 6.07) is 31.7. The van der Waals surface area contributed by atoms with Crippen molar-refractivity contribution < 1.29 is 31.3 Å². The fraction of sp³-hybridized carbons (Fsp3) is 0.286. The Morgan fingerprint density at radius 3 is 1.72 bits per heavy atom. The first kappa shape index (κ1) is 30.0. The lowest BCUT2D eigenvalue weighted by atomic mass is 10.3. The summed E-state index contributed by atoms with van der Waals surface area (Å²) < 4.78 is 5.29. The maximum atomic E-state index is 11.9. The van der Waals surface area contributed by atoms with E-state index in [9.17, 15) is 9.59 Å². The van der Waals surface area contributed by atoms with Crippen LogP contribution in [0.4, 0.5) is 0 Å². The molecule has 0 saturated heterocycles. The number of thiol groups is 1. The Balaban J connectivity index is 0.00000456. The van der Waals surface area contributed by atoms with Gasteiger partial charge in [0.15, 0.2) is 0 Å². The van der Waals surface area contributed by atoms with Crippen molar-refractivity contribution in [1.29, 1.82) is 0 Å². The maximum Gasteiger partial charge on any atom is 0.325 e. The number of esters is 1. The highest BCUT2D eigenvalue weighted by Gasteiger charge is 2.44. The number of nitrogens with one attached hydrogen (secondary N) is 1. The van der Waals surface area contributed by atoms with Crippen molar-refractivity contribution in [1.82, 2.24) is 5.32 Å². The number of nitrogens with two attached hydrogens (primary N) is 1. The molecule has 3 aromatic rings. The van der Waals surface area contributed by atoms with E-state index < -0.39 is 25.2 Å². The van der Waals surface area contributed by atoms with E-state index >= 15 is 0 Å². The average molecular weight is 590 g/mol. The van der Waals surface area contributed by atoms with Crippen molar-refractivity contribution >= 4 is 47.7 Å². The molecule has 0 spiro atoms. The van der Waals surface area contributed by atoms with Crippen molar-refractivity contribution in [2.24, 2.45) is 5.73 Å². The lowest BCUT2D eigenvalue weighted by Crippen LogP contribution is -3.00. The monoisotopic (exact) mass is 588 g/mol. The Labute approximate surface area is 230 Å². The number of ether oxygens (including phenoxy) is 1. The van der Waals surface area contributed by atoms with Crippen molar-refractivity contribution in [2.45, 2.75) is 25.3 Å². The second-order valence-corrected chi connectivity index (χ2v) is 12.3. The van der Waals surface area contributed by atoms with Gasteiger partial charge in [-0.25, -0.2) is 0 Å². The Bertz CT molecular complexity index is 962. The minimum absolute atomic E-state index is 0. The molecule has 5 nitrogen and oxygen atoms in total. The number of unbranched alkanes of at least 4 members (excludes halogenated alkanes) is 2. The van der Waals surface area contributed by atoms with Crippen molar-refractivity contribution in [3.63, 3.8) is 0 Å². The molecule has 0 radical (unpaired) electrons. The summed E-state index contributed by atoms with van der Waals surface area (Å²) in [5.74, 6) is -0.635. The van der Waals surface area contributed by atoms with Gasteiger partial charge in [-0.3, -0.25) is 9.59 Å². The van der Waals surface area contributed by atoms with Crippen LogP contribution in [0, 0.1) is 0 Å². The number of benzene rings is 3.